The van der Waals surface area contributed by atoms with Gasteiger partial charge in [0.15, 0.2) is 11.3 Å². The third-order valence-electron chi connectivity index (χ3n) is 3.55. The fourth-order valence-corrected chi connectivity index (χ4v) is 2.45. The lowest BCUT2D eigenvalue weighted by atomic mass is 10.1. The van der Waals surface area contributed by atoms with Crippen molar-refractivity contribution in [2.24, 2.45) is 0 Å². The zero-order valence-corrected chi connectivity index (χ0v) is 11.8. The fraction of sp³-hybridized carbons (Fsp3) is 0.0625. The number of aromatic nitrogens is 5. The largest absolute Gasteiger partial charge is 0.300 e. The summed E-state index contributed by atoms with van der Waals surface area (Å²) in [4.78, 5) is 16.5. The third kappa shape index (κ3) is 1.85. The van der Waals surface area contributed by atoms with Crippen LogP contribution >= 0.6 is 0 Å². The molecule has 0 fully saturated rings. The maximum absolute atomic E-state index is 12.3. The summed E-state index contributed by atoms with van der Waals surface area (Å²) < 4.78 is 1.31. The second kappa shape index (κ2) is 4.70. The number of benzene rings is 2. The molecule has 0 N–H and O–H groups in total. The summed E-state index contributed by atoms with van der Waals surface area (Å²) in [5, 5.41) is 13.3. The van der Waals surface area contributed by atoms with Crippen LogP contribution in [0.1, 0.15) is 5.56 Å². The first-order valence-electron chi connectivity index (χ1n) is 6.83. The lowest BCUT2D eigenvalue weighted by molar-refractivity contribution is 0.703. The second-order valence-corrected chi connectivity index (χ2v) is 5.01. The van der Waals surface area contributed by atoms with Crippen molar-refractivity contribution in [2.75, 3.05) is 0 Å². The van der Waals surface area contributed by atoms with Gasteiger partial charge in [0.1, 0.15) is 5.52 Å². The SMILES string of the molecule is Cc1cccc2c1nnn1nc(-c3ccccc3)c(=O)nc21. The molecular formula is C16H11N5O. The molecule has 4 rings (SSSR count). The van der Waals surface area contributed by atoms with Crippen LogP contribution in [0.3, 0.4) is 0 Å². The standard InChI is InChI=1S/C16H11N5O/c1-10-6-5-9-12-13(10)18-20-21-15(12)17-16(22)14(19-21)11-7-3-2-4-8-11/h2-9H,1H3. The van der Waals surface area contributed by atoms with Crippen molar-refractivity contribution in [1.29, 1.82) is 0 Å². The van der Waals surface area contributed by atoms with Crippen LogP contribution in [0.5, 0.6) is 0 Å². The van der Waals surface area contributed by atoms with E-state index in [0.717, 1.165) is 16.5 Å². The molecule has 0 saturated heterocycles. The molecule has 0 saturated carbocycles. The average Bonchev–Trinajstić information content (AvgIpc) is 2.55. The van der Waals surface area contributed by atoms with Crippen LogP contribution in [0.15, 0.2) is 53.3 Å². The first-order valence-corrected chi connectivity index (χ1v) is 6.83. The van der Waals surface area contributed by atoms with E-state index in [4.69, 9.17) is 0 Å². The highest BCUT2D eigenvalue weighted by Gasteiger charge is 2.12. The molecule has 6 nitrogen and oxygen atoms in total. The van der Waals surface area contributed by atoms with E-state index in [9.17, 15) is 4.79 Å². The molecule has 0 bridgehead atoms. The minimum absolute atomic E-state index is 0.263. The van der Waals surface area contributed by atoms with Crippen LogP contribution in [-0.4, -0.2) is 25.0 Å². The van der Waals surface area contributed by atoms with Gasteiger partial charge in [0.2, 0.25) is 0 Å². The summed E-state index contributed by atoms with van der Waals surface area (Å²) in [5.41, 5.74) is 2.72. The molecule has 0 radical (unpaired) electrons. The summed E-state index contributed by atoms with van der Waals surface area (Å²) in [7, 11) is 0. The number of hydrogen-bond acceptors (Lipinski definition) is 5. The zero-order valence-electron chi connectivity index (χ0n) is 11.8. The van der Waals surface area contributed by atoms with Crippen LogP contribution in [0.2, 0.25) is 0 Å². The first-order chi connectivity index (χ1) is 10.7. The summed E-state index contributed by atoms with van der Waals surface area (Å²) in [6, 6.07) is 14.9. The molecule has 4 aromatic rings. The quantitative estimate of drug-likeness (QED) is 0.501. The van der Waals surface area contributed by atoms with Crippen molar-refractivity contribution in [3.05, 3.63) is 64.4 Å². The topological polar surface area (TPSA) is 73.0 Å². The molecule has 2 heterocycles. The number of hydrogen-bond donors (Lipinski definition) is 0. The van der Waals surface area contributed by atoms with Crippen LogP contribution in [0.4, 0.5) is 0 Å². The molecule has 6 heteroatoms. The molecule has 0 aliphatic heterocycles. The van der Waals surface area contributed by atoms with Crippen molar-refractivity contribution in [3.8, 4) is 11.3 Å². The number of fused-ring (bicyclic) bond motifs is 3. The van der Waals surface area contributed by atoms with Gasteiger partial charge < -0.3 is 0 Å². The molecule has 0 aliphatic rings. The van der Waals surface area contributed by atoms with Crippen LogP contribution in [0, 0.1) is 6.92 Å². The van der Waals surface area contributed by atoms with Gasteiger partial charge in [-0.3, -0.25) is 4.79 Å². The van der Waals surface area contributed by atoms with Crippen LogP contribution in [0.25, 0.3) is 27.8 Å². The number of rotatable bonds is 1. The Bertz CT molecular complexity index is 1060. The van der Waals surface area contributed by atoms with Crippen LogP contribution in [-0.2, 0) is 0 Å². The monoisotopic (exact) mass is 289 g/mol. The molecule has 0 spiro atoms. The van der Waals surface area contributed by atoms with Crippen LogP contribution < -0.4 is 5.56 Å². The molecule has 0 atom stereocenters. The Morgan fingerprint density at radius 3 is 2.64 bits per heavy atom. The Kier molecular flexibility index (Phi) is 2.69. The maximum atomic E-state index is 12.3. The van der Waals surface area contributed by atoms with Gasteiger partial charge in [-0.1, -0.05) is 42.5 Å². The summed E-state index contributed by atoms with van der Waals surface area (Å²) >= 11 is 0. The van der Waals surface area contributed by atoms with E-state index in [1.54, 1.807) is 0 Å². The van der Waals surface area contributed by atoms with Gasteiger partial charge in [-0.05, 0) is 23.8 Å². The Morgan fingerprint density at radius 1 is 1.00 bits per heavy atom. The maximum Gasteiger partial charge on any atom is 0.300 e. The predicted molar refractivity (Wildman–Crippen MR) is 82.5 cm³/mol. The van der Waals surface area contributed by atoms with Crippen molar-refractivity contribution >= 4 is 16.6 Å². The highest BCUT2D eigenvalue weighted by Crippen LogP contribution is 2.18. The summed E-state index contributed by atoms with van der Waals surface area (Å²) in [6.07, 6.45) is 0. The smallest absolute Gasteiger partial charge is 0.265 e. The third-order valence-corrected chi connectivity index (χ3v) is 3.55. The normalized spacial score (nSPS) is 11.1. The van der Waals surface area contributed by atoms with Gasteiger partial charge in [0.25, 0.3) is 5.56 Å². The summed E-state index contributed by atoms with van der Waals surface area (Å²) in [6.45, 7) is 1.94. The predicted octanol–water partition coefficient (Wildman–Crippen LogP) is 2.01. The van der Waals surface area contributed by atoms with Gasteiger partial charge in [-0.25, -0.2) is 0 Å². The number of aryl methyl sites for hydroxylation is 1. The van der Waals surface area contributed by atoms with E-state index < -0.39 is 0 Å². The number of nitrogens with zero attached hydrogens (tertiary/aromatic N) is 5. The van der Waals surface area contributed by atoms with Gasteiger partial charge in [0.05, 0.1) is 0 Å². The van der Waals surface area contributed by atoms with E-state index in [2.05, 4.69) is 20.4 Å². The fourth-order valence-electron chi connectivity index (χ4n) is 2.45. The zero-order chi connectivity index (χ0) is 15.1. The van der Waals surface area contributed by atoms with E-state index in [-0.39, 0.29) is 11.3 Å². The van der Waals surface area contributed by atoms with Gasteiger partial charge in [-0.2, -0.15) is 4.98 Å². The molecule has 106 valence electrons. The van der Waals surface area contributed by atoms with Crippen molar-refractivity contribution < 1.29 is 0 Å². The Hall–Kier alpha value is -3.15. The van der Waals surface area contributed by atoms with E-state index in [1.165, 1.54) is 4.63 Å². The van der Waals surface area contributed by atoms with E-state index in [1.807, 2.05) is 55.5 Å². The second-order valence-electron chi connectivity index (χ2n) is 5.01. The molecule has 0 amide bonds. The minimum Gasteiger partial charge on any atom is -0.265 e. The first kappa shape index (κ1) is 12.6. The molecule has 2 aromatic heterocycles. The highest BCUT2D eigenvalue weighted by molar-refractivity contribution is 5.92. The van der Waals surface area contributed by atoms with Crippen molar-refractivity contribution in [1.82, 2.24) is 25.0 Å². The summed E-state index contributed by atoms with van der Waals surface area (Å²) in [5.74, 6) is 0. The van der Waals surface area contributed by atoms with Crippen molar-refractivity contribution in [3.63, 3.8) is 0 Å². The Morgan fingerprint density at radius 2 is 1.82 bits per heavy atom. The Balaban J connectivity index is 2.08. The molecule has 0 unspecified atom stereocenters. The minimum atomic E-state index is -0.373. The average molecular weight is 289 g/mol. The molecule has 2 aromatic carbocycles. The van der Waals surface area contributed by atoms with Gasteiger partial charge in [-0.15, -0.1) is 14.8 Å². The van der Waals surface area contributed by atoms with E-state index >= 15 is 0 Å². The van der Waals surface area contributed by atoms with Gasteiger partial charge in [0, 0.05) is 10.9 Å². The lowest BCUT2D eigenvalue weighted by Crippen LogP contribution is -2.18. The lowest BCUT2D eigenvalue weighted by Gasteiger charge is -2.05. The molecule has 22 heavy (non-hydrogen) atoms. The highest BCUT2D eigenvalue weighted by atomic mass is 16.1. The van der Waals surface area contributed by atoms with Crippen molar-refractivity contribution in [2.45, 2.75) is 6.92 Å². The van der Waals surface area contributed by atoms with E-state index in [0.29, 0.717) is 11.2 Å². The molecular weight excluding hydrogens is 278 g/mol. The molecule has 0 aliphatic carbocycles. The Labute approximate surface area is 125 Å². The van der Waals surface area contributed by atoms with Gasteiger partial charge >= 0.3 is 0 Å².